The van der Waals surface area contributed by atoms with Crippen LogP contribution in [0.4, 0.5) is 0 Å². The third-order valence-corrected chi connectivity index (χ3v) is 3.12. The maximum absolute atomic E-state index is 11.6. The highest BCUT2D eigenvalue weighted by molar-refractivity contribution is 6.02. The fourth-order valence-electron chi connectivity index (χ4n) is 2.16. The first-order chi connectivity index (χ1) is 7.50. The zero-order valence-corrected chi connectivity index (χ0v) is 9.60. The maximum Gasteiger partial charge on any atom is 0.230 e. The van der Waals surface area contributed by atoms with Crippen LogP contribution < -0.4 is 0 Å². The van der Waals surface area contributed by atoms with E-state index in [1.807, 2.05) is 13.8 Å². The molecule has 2 heterocycles. The first-order valence-corrected chi connectivity index (χ1v) is 5.64. The molecule has 5 nitrogen and oxygen atoms in total. The van der Waals surface area contributed by atoms with E-state index in [4.69, 9.17) is 0 Å². The van der Waals surface area contributed by atoms with E-state index in [2.05, 4.69) is 0 Å². The van der Waals surface area contributed by atoms with Gasteiger partial charge >= 0.3 is 0 Å². The molecule has 2 aliphatic rings. The van der Waals surface area contributed by atoms with Crippen molar-refractivity contribution in [1.82, 2.24) is 9.80 Å². The lowest BCUT2D eigenvalue weighted by Gasteiger charge is -2.43. The van der Waals surface area contributed by atoms with Crippen LogP contribution in [0.3, 0.4) is 0 Å². The predicted octanol–water partition coefficient (Wildman–Crippen LogP) is 0.00220. The summed E-state index contributed by atoms with van der Waals surface area (Å²) in [6.45, 7) is 4.71. The van der Waals surface area contributed by atoms with Crippen LogP contribution in [-0.4, -0.2) is 46.7 Å². The van der Waals surface area contributed by atoms with E-state index in [-0.39, 0.29) is 29.7 Å². The smallest absolute Gasteiger partial charge is 0.230 e. The van der Waals surface area contributed by atoms with E-state index >= 15 is 0 Å². The van der Waals surface area contributed by atoms with Crippen molar-refractivity contribution in [2.45, 2.75) is 32.7 Å². The van der Waals surface area contributed by atoms with Crippen molar-refractivity contribution in [3.63, 3.8) is 0 Å². The van der Waals surface area contributed by atoms with Crippen LogP contribution >= 0.6 is 0 Å². The number of carbonyl (C=O) groups excluding carboxylic acids is 3. The topological polar surface area (TPSA) is 57.7 Å². The summed E-state index contributed by atoms with van der Waals surface area (Å²) in [6, 6.07) is -0.0785. The van der Waals surface area contributed by atoms with Crippen LogP contribution in [0.15, 0.2) is 0 Å². The van der Waals surface area contributed by atoms with Gasteiger partial charge in [-0.05, 0) is 0 Å². The van der Waals surface area contributed by atoms with Gasteiger partial charge in [-0.3, -0.25) is 19.3 Å². The molecule has 0 aromatic rings. The van der Waals surface area contributed by atoms with Crippen LogP contribution in [0.2, 0.25) is 0 Å². The highest BCUT2D eigenvalue weighted by atomic mass is 16.2. The monoisotopic (exact) mass is 224 g/mol. The third-order valence-electron chi connectivity index (χ3n) is 3.12. The van der Waals surface area contributed by atoms with Crippen LogP contribution in [0.5, 0.6) is 0 Å². The lowest BCUT2D eigenvalue weighted by atomic mass is 10.0. The molecule has 2 fully saturated rings. The number of imide groups is 1. The molecule has 0 aromatic heterocycles. The molecule has 5 heteroatoms. The zero-order valence-electron chi connectivity index (χ0n) is 9.60. The minimum absolute atomic E-state index is 0.0223. The summed E-state index contributed by atoms with van der Waals surface area (Å²) < 4.78 is 0. The molecule has 0 aliphatic carbocycles. The van der Waals surface area contributed by atoms with E-state index in [0.29, 0.717) is 25.9 Å². The van der Waals surface area contributed by atoms with Gasteiger partial charge in [-0.15, -0.1) is 0 Å². The van der Waals surface area contributed by atoms with Gasteiger partial charge in [0.1, 0.15) is 0 Å². The summed E-state index contributed by atoms with van der Waals surface area (Å²) in [4.78, 5) is 37.5. The Morgan fingerprint density at radius 3 is 2.12 bits per heavy atom. The largest absolute Gasteiger partial charge is 0.338 e. The number of nitrogens with zero attached hydrogens (tertiary/aromatic N) is 2. The number of carbonyl (C=O) groups is 3. The van der Waals surface area contributed by atoms with Gasteiger partial charge in [-0.1, -0.05) is 13.8 Å². The van der Waals surface area contributed by atoms with Crippen molar-refractivity contribution in [2.75, 3.05) is 13.1 Å². The third kappa shape index (κ3) is 1.70. The number of rotatable bonds is 2. The average Bonchev–Trinajstić information content (AvgIpc) is 2.46. The molecular formula is C11H16N2O3. The van der Waals surface area contributed by atoms with Gasteiger partial charge in [0.2, 0.25) is 17.7 Å². The molecule has 0 radical (unpaired) electrons. The quantitative estimate of drug-likeness (QED) is 0.620. The van der Waals surface area contributed by atoms with Crippen LogP contribution in [-0.2, 0) is 14.4 Å². The molecule has 0 N–H and O–H groups in total. The van der Waals surface area contributed by atoms with Crippen LogP contribution in [0.25, 0.3) is 0 Å². The zero-order chi connectivity index (χ0) is 11.9. The van der Waals surface area contributed by atoms with Crippen molar-refractivity contribution >= 4 is 17.7 Å². The second kappa shape index (κ2) is 3.88. The minimum Gasteiger partial charge on any atom is -0.338 e. The Morgan fingerprint density at radius 1 is 1.19 bits per heavy atom. The average molecular weight is 224 g/mol. The molecule has 0 saturated carbocycles. The summed E-state index contributed by atoms with van der Waals surface area (Å²) in [7, 11) is 0. The SMILES string of the molecule is CC(C)C(=O)N1CC(N2C(=O)CCC2=O)C1. The molecule has 0 aromatic carbocycles. The first-order valence-electron chi connectivity index (χ1n) is 5.64. The molecule has 0 atom stereocenters. The normalized spacial score (nSPS) is 21.9. The van der Waals surface area contributed by atoms with Crippen molar-refractivity contribution in [3.8, 4) is 0 Å². The number of hydrogen-bond acceptors (Lipinski definition) is 3. The van der Waals surface area contributed by atoms with Crippen molar-refractivity contribution in [2.24, 2.45) is 5.92 Å². The molecule has 16 heavy (non-hydrogen) atoms. The second-order valence-electron chi connectivity index (χ2n) is 4.71. The lowest BCUT2D eigenvalue weighted by molar-refractivity contribution is -0.153. The Balaban J connectivity index is 1.91. The molecule has 2 saturated heterocycles. The fourth-order valence-corrected chi connectivity index (χ4v) is 2.16. The molecule has 0 unspecified atom stereocenters. The van der Waals surface area contributed by atoms with E-state index in [9.17, 15) is 14.4 Å². The molecular weight excluding hydrogens is 208 g/mol. The molecule has 2 aliphatic heterocycles. The maximum atomic E-state index is 11.6. The van der Waals surface area contributed by atoms with E-state index in [1.54, 1.807) is 4.90 Å². The Bertz CT molecular complexity index is 329. The molecule has 0 bridgehead atoms. The first kappa shape index (κ1) is 11.1. The van der Waals surface area contributed by atoms with Crippen LogP contribution in [0, 0.1) is 5.92 Å². The Labute approximate surface area is 94.4 Å². The summed E-state index contributed by atoms with van der Waals surface area (Å²) in [5, 5.41) is 0. The van der Waals surface area contributed by atoms with Gasteiger partial charge in [0, 0.05) is 31.8 Å². The van der Waals surface area contributed by atoms with Crippen molar-refractivity contribution < 1.29 is 14.4 Å². The Hall–Kier alpha value is -1.39. The van der Waals surface area contributed by atoms with Crippen molar-refractivity contribution in [3.05, 3.63) is 0 Å². The molecule has 88 valence electrons. The number of amides is 3. The number of hydrogen-bond donors (Lipinski definition) is 0. The van der Waals surface area contributed by atoms with Gasteiger partial charge in [0.05, 0.1) is 6.04 Å². The highest BCUT2D eigenvalue weighted by Crippen LogP contribution is 2.23. The van der Waals surface area contributed by atoms with Gasteiger partial charge in [-0.25, -0.2) is 0 Å². The van der Waals surface area contributed by atoms with Gasteiger partial charge in [0.25, 0.3) is 0 Å². The number of likely N-dealkylation sites (tertiary alicyclic amines) is 2. The highest BCUT2D eigenvalue weighted by Gasteiger charge is 2.42. The van der Waals surface area contributed by atoms with E-state index < -0.39 is 0 Å². The van der Waals surface area contributed by atoms with E-state index in [0.717, 1.165) is 0 Å². The van der Waals surface area contributed by atoms with Gasteiger partial charge in [-0.2, -0.15) is 0 Å². The van der Waals surface area contributed by atoms with E-state index in [1.165, 1.54) is 4.90 Å². The Kier molecular flexibility index (Phi) is 2.69. The van der Waals surface area contributed by atoms with Gasteiger partial charge < -0.3 is 4.90 Å². The summed E-state index contributed by atoms with van der Waals surface area (Å²) >= 11 is 0. The summed E-state index contributed by atoms with van der Waals surface area (Å²) in [5.41, 5.74) is 0. The van der Waals surface area contributed by atoms with Crippen LogP contribution in [0.1, 0.15) is 26.7 Å². The minimum atomic E-state index is -0.0911. The molecule has 0 spiro atoms. The summed E-state index contributed by atoms with van der Waals surface area (Å²) in [6.07, 6.45) is 0.654. The predicted molar refractivity (Wildman–Crippen MR) is 56.3 cm³/mol. The summed E-state index contributed by atoms with van der Waals surface area (Å²) in [5.74, 6) is -0.112. The fraction of sp³-hybridized carbons (Fsp3) is 0.727. The Morgan fingerprint density at radius 2 is 1.69 bits per heavy atom. The molecule has 3 amide bonds. The standard InChI is InChI=1S/C11H16N2O3/c1-7(2)11(16)12-5-8(6-12)13-9(14)3-4-10(13)15/h7-8H,3-6H2,1-2H3. The molecule has 2 rings (SSSR count). The lowest BCUT2D eigenvalue weighted by Crippen LogP contribution is -2.62. The van der Waals surface area contributed by atoms with Gasteiger partial charge in [0.15, 0.2) is 0 Å². The second-order valence-corrected chi connectivity index (χ2v) is 4.71. The van der Waals surface area contributed by atoms with Crippen molar-refractivity contribution in [1.29, 1.82) is 0 Å².